The third-order valence-corrected chi connectivity index (χ3v) is 4.77. The van der Waals surface area contributed by atoms with Gasteiger partial charge in [-0.3, -0.25) is 4.79 Å². The van der Waals surface area contributed by atoms with Crippen LogP contribution < -0.4 is 5.32 Å². The molecule has 1 aromatic rings. The molecule has 1 saturated carbocycles. The monoisotopic (exact) mass is 297 g/mol. The van der Waals surface area contributed by atoms with Crippen LogP contribution in [-0.4, -0.2) is 33.8 Å². The van der Waals surface area contributed by atoms with E-state index < -0.39 is 9.84 Å². The first kappa shape index (κ1) is 14.8. The van der Waals surface area contributed by atoms with Gasteiger partial charge < -0.3 is 10.1 Å². The summed E-state index contributed by atoms with van der Waals surface area (Å²) in [5.41, 5.74) is 0.602. The van der Waals surface area contributed by atoms with Gasteiger partial charge in [-0.05, 0) is 31.4 Å². The van der Waals surface area contributed by atoms with Gasteiger partial charge in [0.1, 0.15) is 0 Å². The Balaban J connectivity index is 2.11. The number of hydrogen-bond acceptors (Lipinski definition) is 5. The number of sulfone groups is 1. The zero-order valence-corrected chi connectivity index (χ0v) is 12.4. The maximum atomic E-state index is 11.7. The second-order valence-electron chi connectivity index (χ2n) is 5.14. The highest BCUT2D eigenvalue weighted by atomic mass is 32.2. The molecule has 20 heavy (non-hydrogen) atoms. The van der Waals surface area contributed by atoms with E-state index in [4.69, 9.17) is 4.74 Å². The Morgan fingerprint density at radius 1 is 1.30 bits per heavy atom. The van der Waals surface area contributed by atoms with Gasteiger partial charge in [-0.15, -0.1) is 0 Å². The first-order valence-electron chi connectivity index (χ1n) is 6.55. The first-order valence-corrected chi connectivity index (χ1v) is 8.44. The Morgan fingerprint density at radius 2 is 2.00 bits per heavy atom. The van der Waals surface area contributed by atoms with Crippen molar-refractivity contribution in [2.75, 3.05) is 18.7 Å². The summed E-state index contributed by atoms with van der Waals surface area (Å²) in [6, 6.07) is 6.94. The second-order valence-corrected chi connectivity index (χ2v) is 7.13. The molecule has 110 valence electrons. The summed E-state index contributed by atoms with van der Waals surface area (Å²) >= 11 is 0. The van der Waals surface area contributed by atoms with E-state index in [1.165, 1.54) is 13.4 Å². The Kier molecular flexibility index (Phi) is 4.32. The van der Waals surface area contributed by atoms with Crippen LogP contribution in [0.5, 0.6) is 0 Å². The zero-order valence-electron chi connectivity index (χ0n) is 11.6. The minimum Gasteiger partial charge on any atom is -0.469 e. The average molecular weight is 297 g/mol. The van der Waals surface area contributed by atoms with Crippen molar-refractivity contribution in [3.8, 4) is 0 Å². The van der Waals surface area contributed by atoms with Gasteiger partial charge >= 0.3 is 5.97 Å². The predicted octanol–water partition coefficient (Wildman–Crippen LogP) is 1.84. The summed E-state index contributed by atoms with van der Waals surface area (Å²) in [5.74, 6) is -0.284. The van der Waals surface area contributed by atoms with E-state index >= 15 is 0 Å². The minimum atomic E-state index is -3.26. The standard InChI is InChI=1S/C14H19NO4S/c1-19-14(16)10-7-8-11(9-10)15-12-5-3-4-6-13(12)20(2,17)18/h3-6,10-11,15H,7-9H2,1-2H3/t10-,11+/m0/s1. The SMILES string of the molecule is COC(=O)[C@H]1CC[C@@H](Nc2ccccc2S(C)(=O)=O)C1. The number of hydrogen-bond donors (Lipinski definition) is 1. The van der Waals surface area contributed by atoms with Crippen molar-refractivity contribution in [3.05, 3.63) is 24.3 Å². The van der Waals surface area contributed by atoms with Crippen LogP contribution in [0.3, 0.4) is 0 Å². The molecule has 1 fully saturated rings. The number of nitrogens with one attached hydrogen (secondary N) is 1. The molecule has 0 saturated heterocycles. The highest BCUT2D eigenvalue weighted by Gasteiger charge is 2.31. The van der Waals surface area contributed by atoms with E-state index in [-0.39, 0.29) is 17.9 Å². The number of carbonyl (C=O) groups excluding carboxylic acids is 1. The van der Waals surface area contributed by atoms with Crippen LogP contribution >= 0.6 is 0 Å². The highest BCUT2D eigenvalue weighted by molar-refractivity contribution is 7.90. The number of rotatable bonds is 4. The second kappa shape index (κ2) is 5.83. The van der Waals surface area contributed by atoms with Crippen LogP contribution in [0.2, 0.25) is 0 Å². The molecule has 1 aliphatic carbocycles. The molecular formula is C14H19NO4S. The Morgan fingerprint density at radius 3 is 2.65 bits per heavy atom. The molecular weight excluding hydrogens is 278 g/mol. The van der Waals surface area contributed by atoms with Crippen LogP contribution in [0.15, 0.2) is 29.2 Å². The Hall–Kier alpha value is -1.56. The van der Waals surface area contributed by atoms with E-state index in [2.05, 4.69) is 5.32 Å². The van der Waals surface area contributed by atoms with Crippen LogP contribution in [-0.2, 0) is 19.4 Å². The van der Waals surface area contributed by atoms with Crippen molar-refractivity contribution < 1.29 is 17.9 Å². The Bertz CT molecular complexity index is 597. The quantitative estimate of drug-likeness (QED) is 0.859. The van der Waals surface area contributed by atoms with Crippen LogP contribution in [0, 0.1) is 5.92 Å². The van der Waals surface area contributed by atoms with Crippen molar-refractivity contribution in [2.24, 2.45) is 5.92 Å². The lowest BCUT2D eigenvalue weighted by Crippen LogP contribution is -2.20. The van der Waals surface area contributed by atoms with E-state index in [0.29, 0.717) is 17.0 Å². The van der Waals surface area contributed by atoms with Gasteiger partial charge in [0.15, 0.2) is 9.84 Å². The van der Waals surface area contributed by atoms with Crippen LogP contribution in [0.4, 0.5) is 5.69 Å². The fraction of sp³-hybridized carbons (Fsp3) is 0.500. The van der Waals surface area contributed by atoms with Gasteiger partial charge in [0.2, 0.25) is 0 Å². The summed E-state index contributed by atoms with van der Waals surface area (Å²) in [5, 5.41) is 3.24. The molecule has 0 amide bonds. The number of anilines is 1. The van der Waals surface area contributed by atoms with E-state index in [1.54, 1.807) is 24.3 Å². The lowest BCUT2D eigenvalue weighted by molar-refractivity contribution is -0.145. The number of ether oxygens (including phenoxy) is 1. The zero-order chi connectivity index (χ0) is 14.8. The molecule has 0 unspecified atom stereocenters. The van der Waals surface area contributed by atoms with E-state index in [9.17, 15) is 13.2 Å². The smallest absolute Gasteiger partial charge is 0.308 e. The molecule has 2 atom stereocenters. The third-order valence-electron chi connectivity index (χ3n) is 3.61. The molecule has 0 aromatic heterocycles. The first-order chi connectivity index (χ1) is 9.41. The Labute approximate surface area is 119 Å². The van der Waals surface area contributed by atoms with Gasteiger partial charge in [-0.2, -0.15) is 0 Å². The minimum absolute atomic E-state index is 0.0945. The summed E-state index contributed by atoms with van der Waals surface area (Å²) in [6.07, 6.45) is 3.47. The van der Waals surface area contributed by atoms with Crippen molar-refractivity contribution in [1.82, 2.24) is 0 Å². The topological polar surface area (TPSA) is 72.5 Å². The molecule has 6 heteroatoms. The number of esters is 1. The maximum absolute atomic E-state index is 11.7. The molecule has 0 radical (unpaired) electrons. The molecule has 0 heterocycles. The lowest BCUT2D eigenvalue weighted by atomic mass is 10.1. The predicted molar refractivity (Wildman–Crippen MR) is 76.3 cm³/mol. The number of para-hydroxylation sites is 1. The number of carbonyl (C=O) groups is 1. The molecule has 1 N–H and O–H groups in total. The summed E-state index contributed by atoms with van der Waals surface area (Å²) in [6.45, 7) is 0. The largest absolute Gasteiger partial charge is 0.469 e. The highest BCUT2D eigenvalue weighted by Crippen LogP contribution is 2.30. The van der Waals surface area contributed by atoms with Gasteiger partial charge in [-0.25, -0.2) is 8.42 Å². The lowest BCUT2D eigenvalue weighted by Gasteiger charge is -2.16. The van der Waals surface area contributed by atoms with Crippen molar-refractivity contribution in [1.29, 1.82) is 0 Å². The van der Waals surface area contributed by atoms with Crippen molar-refractivity contribution in [3.63, 3.8) is 0 Å². The summed E-state index contributed by atoms with van der Waals surface area (Å²) in [7, 11) is -1.87. The van der Waals surface area contributed by atoms with Gasteiger partial charge in [0.05, 0.1) is 23.6 Å². The molecule has 0 aliphatic heterocycles. The normalized spacial score (nSPS) is 22.5. The fourth-order valence-corrected chi connectivity index (χ4v) is 3.47. The molecule has 5 nitrogen and oxygen atoms in total. The van der Waals surface area contributed by atoms with Crippen LogP contribution in [0.25, 0.3) is 0 Å². The molecule has 0 spiro atoms. The molecule has 1 aromatic carbocycles. The van der Waals surface area contributed by atoms with Crippen molar-refractivity contribution >= 4 is 21.5 Å². The van der Waals surface area contributed by atoms with Gasteiger partial charge in [-0.1, -0.05) is 12.1 Å². The molecule has 0 bridgehead atoms. The maximum Gasteiger partial charge on any atom is 0.308 e. The fourth-order valence-electron chi connectivity index (χ4n) is 2.62. The summed E-state index contributed by atoms with van der Waals surface area (Å²) in [4.78, 5) is 11.8. The third kappa shape index (κ3) is 3.30. The number of methoxy groups -OCH3 is 1. The summed E-state index contributed by atoms with van der Waals surface area (Å²) < 4.78 is 28.2. The number of benzene rings is 1. The van der Waals surface area contributed by atoms with Crippen molar-refractivity contribution in [2.45, 2.75) is 30.2 Å². The van der Waals surface area contributed by atoms with E-state index in [1.807, 2.05) is 0 Å². The van der Waals surface area contributed by atoms with Crippen LogP contribution in [0.1, 0.15) is 19.3 Å². The molecule has 1 aliphatic rings. The molecule has 2 rings (SSSR count). The van der Waals surface area contributed by atoms with Gasteiger partial charge in [0.25, 0.3) is 0 Å². The van der Waals surface area contributed by atoms with Gasteiger partial charge in [0, 0.05) is 12.3 Å². The van der Waals surface area contributed by atoms with E-state index in [0.717, 1.165) is 12.8 Å². The average Bonchev–Trinajstić information content (AvgIpc) is 2.86.